The zero-order valence-corrected chi connectivity index (χ0v) is 11.7. The van der Waals surface area contributed by atoms with Crippen molar-refractivity contribution in [1.29, 1.82) is 0 Å². The Morgan fingerprint density at radius 1 is 1.21 bits per heavy atom. The quantitative estimate of drug-likeness (QED) is 0.607. The first-order valence-corrected chi connectivity index (χ1v) is 7.16. The summed E-state index contributed by atoms with van der Waals surface area (Å²) in [6.07, 6.45) is 2.83. The molecule has 0 bridgehead atoms. The van der Waals surface area contributed by atoms with Crippen molar-refractivity contribution < 1.29 is 0 Å². The second-order valence-electron chi connectivity index (χ2n) is 4.64. The van der Waals surface area contributed by atoms with Gasteiger partial charge in [-0.05, 0) is 37.1 Å². The number of allylic oxidation sites excluding steroid dienone is 1. The molecular formula is C17H15NS. The molecule has 2 aromatic carbocycles. The van der Waals surface area contributed by atoms with Gasteiger partial charge in [0.1, 0.15) is 5.01 Å². The highest BCUT2D eigenvalue weighted by molar-refractivity contribution is 7.21. The van der Waals surface area contributed by atoms with E-state index >= 15 is 0 Å². The van der Waals surface area contributed by atoms with E-state index in [2.05, 4.69) is 49.9 Å². The lowest BCUT2D eigenvalue weighted by Gasteiger charge is -2.06. The zero-order chi connectivity index (χ0) is 13.2. The summed E-state index contributed by atoms with van der Waals surface area (Å²) >= 11 is 1.75. The van der Waals surface area contributed by atoms with Crippen LogP contribution in [0.4, 0.5) is 0 Å². The van der Waals surface area contributed by atoms with E-state index in [0.717, 1.165) is 16.9 Å². The summed E-state index contributed by atoms with van der Waals surface area (Å²) in [5, 5.41) is 1.10. The molecule has 0 radical (unpaired) electrons. The van der Waals surface area contributed by atoms with Crippen molar-refractivity contribution in [3.8, 4) is 10.6 Å². The molecule has 0 saturated carbocycles. The average molecular weight is 265 g/mol. The monoisotopic (exact) mass is 265 g/mol. The summed E-state index contributed by atoms with van der Waals surface area (Å²) in [6.45, 7) is 5.96. The zero-order valence-electron chi connectivity index (χ0n) is 10.9. The number of thiazole rings is 1. The predicted octanol–water partition coefficient (Wildman–Crippen LogP) is 5.00. The van der Waals surface area contributed by atoms with E-state index in [4.69, 9.17) is 4.98 Å². The molecule has 0 spiro atoms. The van der Waals surface area contributed by atoms with Crippen LogP contribution in [0, 0.1) is 6.92 Å². The van der Waals surface area contributed by atoms with Crippen molar-refractivity contribution in [2.75, 3.05) is 0 Å². The first kappa shape index (κ1) is 12.1. The number of rotatable bonds is 3. The van der Waals surface area contributed by atoms with Crippen molar-refractivity contribution in [1.82, 2.24) is 4.98 Å². The lowest BCUT2D eigenvalue weighted by atomic mass is 10.0. The molecule has 19 heavy (non-hydrogen) atoms. The highest BCUT2D eigenvalue weighted by Crippen LogP contribution is 2.32. The number of benzene rings is 2. The molecule has 0 N–H and O–H groups in total. The van der Waals surface area contributed by atoms with E-state index in [1.807, 2.05) is 12.1 Å². The Bertz CT molecular complexity index is 707. The predicted molar refractivity (Wildman–Crippen MR) is 83.7 cm³/mol. The van der Waals surface area contributed by atoms with Crippen LogP contribution in [0.15, 0.2) is 55.1 Å². The number of nitrogens with zero attached hydrogens (tertiary/aromatic N) is 1. The molecule has 1 heterocycles. The molecule has 2 heteroatoms. The summed E-state index contributed by atoms with van der Waals surface area (Å²) in [5.74, 6) is 0. The largest absolute Gasteiger partial charge is 0.236 e. The van der Waals surface area contributed by atoms with E-state index in [1.54, 1.807) is 11.3 Å². The molecule has 0 saturated heterocycles. The van der Waals surface area contributed by atoms with Gasteiger partial charge in [0.2, 0.25) is 0 Å². The summed E-state index contributed by atoms with van der Waals surface area (Å²) < 4.78 is 1.24. The summed E-state index contributed by atoms with van der Waals surface area (Å²) in [4.78, 5) is 4.75. The van der Waals surface area contributed by atoms with Gasteiger partial charge in [-0.3, -0.25) is 0 Å². The molecule has 0 aliphatic heterocycles. The van der Waals surface area contributed by atoms with Gasteiger partial charge in [0, 0.05) is 5.56 Å². The van der Waals surface area contributed by atoms with Gasteiger partial charge in [-0.2, -0.15) is 0 Å². The second-order valence-corrected chi connectivity index (χ2v) is 5.67. The van der Waals surface area contributed by atoms with Crippen LogP contribution in [0.25, 0.3) is 20.8 Å². The van der Waals surface area contributed by atoms with Gasteiger partial charge >= 0.3 is 0 Å². The molecule has 0 fully saturated rings. The standard InChI is InChI=1S/C17H15NS/c1-3-6-13-10-9-12(2)11-14(13)17-18-15-7-4-5-8-16(15)19-17/h3-5,7-11H,1,6H2,2H3. The van der Waals surface area contributed by atoms with Crippen LogP contribution in [0.1, 0.15) is 11.1 Å². The van der Waals surface area contributed by atoms with Gasteiger partial charge in [-0.1, -0.05) is 35.9 Å². The van der Waals surface area contributed by atoms with Crippen molar-refractivity contribution in [2.45, 2.75) is 13.3 Å². The van der Waals surface area contributed by atoms with Gasteiger partial charge in [-0.25, -0.2) is 4.98 Å². The van der Waals surface area contributed by atoms with Crippen LogP contribution in [-0.4, -0.2) is 4.98 Å². The van der Waals surface area contributed by atoms with Crippen LogP contribution in [0.2, 0.25) is 0 Å². The number of fused-ring (bicyclic) bond motifs is 1. The van der Waals surface area contributed by atoms with E-state index in [0.29, 0.717) is 0 Å². The molecule has 3 rings (SSSR count). The third-order valence-electron chi connectivity index (χ3n) is 3.15. The summed E-state index contributed by atoms with van der Waals surface area (Å²) in [7, 11) is 0. The van der Waals surface area contributed by atoms with Crippen LogP contribution in [-0.2, 0) is 6.42 Å². The summed E-state index contributed by atoms with van der Waals surface area (Å²) in [6, 6.07) is 14.8. The minimum absolute atomic E-state index is 0.880. The van der Waals surface area contributed by atoms with Crippen LogP contribution >= 0.6 is 11.3 Å². The van der Waals surface area contributed by atoms with Gasteiger partial charge in [-0.15, -0.1) is 17.9 Å². The Kier molecular flexibility index (Phi) is 3.18. The molecular weight excluding hydrogens is 250 g/mol. The number of aryl methyl sites for hydroxylation is 1. The van der Waals surface area contributed by atoms with Crippen molar-refractivity contribution in [3.63, 3.8) is 0 Å². The Balaban J connectivity index is 2.19. The smallest absolute Gasteiger partial charge is 0.124 e. The van der Waals surface area contributed by atoms with E-state index in [-0.39, 0.29) is 0 Å². The topological polar surface area (TPSA) is 12.9 Å². The first-order valence-electron chi connectivity index (χ1n) is 6.34. The Hall–Kier alpha value is -1.93. The molecule has 94 valence electrons. The van der Waals surface area contributed by atoms with E-state index in [1.165, 1.54) is 21.4 Å². The van der Waals surface area contributed by atoms with Gasteiger partial charge in [0.15, 0.2) is 0 Å². The average Bonchev–Trinajstić information content (AvgIpc) is 2.84. The van der Waals surface area contributed by atoms with Crippen molar-refractivity contribution in [2.24, 2.45) is 0 Å². The molecule has 0 atom stereocenters. The fraction of sp³-hybridized carbons (Fsp3) is 0.118. The lowest BCUT2D eigenvalue weighted by molar-refractivity contribution is 1.26. The number of hydrogen-bond acceptors (Lipinski definition) is 2. The fourth-order valence-corrected chi connectivity index (χ4v) is 3.23. The number of aromatic nitrogens is 1. The van der Waals surface area contributed by atoms with Gasteiger partial charge in [0.05, 0.1) is 10.2 Å². The number of hydrogen-bond donors (Lipinski definition) is 0. The molecule has 0 aliphatic carbocycles. The highest BCUT2D eigenvalue weighted by Gasteiger charge is 2.10. The molecule has 0 aliphatic rings. The minimum Gasteiger partial charge on any atom is -0.236 e. The Morgan fingerprint density at radius 2 is 2.05 bits per heavy atom. The van der Waals surface area contributed by atoms with Crippen LogP contribution in [0.5, 0.6) is 0 Å². The molecule has 0 unspecified atom stereocenters. The van der Waals surface area contributed by atoms with Crippen molar-refractivity contribution in [3.05, 3.63) is 66.2 Å². The normalized spacial score (nSPS) is 10.8. The van der Waals surface area contributed by atoms with Crippen LogP contribution in [0.3, 0.4) is 0 Å². The van der Waals surface area contributed by atoms with Crippen molar-refractivity contribution >= 4 is 21.6 Å². The van der Waals surface area contributed by atoms with Gasteiger partial charge in [0.25, 0.3) is 0 Å². The highest BCUT2D eigenvalue weighted by atomic mass is 32.1. The third-order valence-corrected chi connectivity index (χ3v) is 4.22. The first-order chi connectivity index (χ1) is 9.28. The molecule has 0 amide bonds. The molecule has 1 nitrogen and oxygen atoms in total. The van der Waals surface area contributed by atoms with E-state index in [9.17, 15) is 0 Å². The minimum atomic E-state index is 0.880. The van der Waals surface area contributed by atoms with E-state index < -0.39 is 0 Å². The lowest BCUT2D eigenvalue weighted by Crippen LogP contribution is -1.88. The Morgan fingerprint density at radius 3 is 2.84 bits per heavy atom. The van der Waals surface area contributed by atoms with Gasteiger partial charge < -0.3 is 0 Å². The maximum Gasteiger partial charge on any atom is 0.124 e. The molecule has 1 aromatic heterocycles. The maximum absolute atomic E-state index is 4.75. The SMILES string of the molecule is C=CCc1ccc(C)cc1-c1nc2ccccc2s1. The summed E-state index contributed by atoms with van der Waals surface area (Å²) in [5.41, 5.74) is 4.87. The number of para-hydroxylation sites is 1. The second kappa shape index (κ2) is 4.98. The van der Waals surface area contributed by atoms with Crippen LogP contribution < -0.4 is 0 Å². The fourth-order valence-electron chi connectivity index (χ4n) is 2.21. The Labute approximate surface area is 117 Å². The third kappa shape index (κ3) is 2.32. The molecule has 3 aromatic rings. The maximum atomic E-state index is 4.75.